The van der Waals surface area contributed by atoms with Gasteiger partial charge in [-0.2, -0.15) is 0 Å². The van der Waals surface area contributed by atoms with E-state index in [1.807, 2.05) is 0 Å². The van der Waals surface area contributed by atoms with Gasteiger partial charge in [0.1, 0.15) is 0 Å². The molecule has 0 bridgehead atoms. The van der Waals surface area contributed by atoms with Crippen LogP contribution in [-0.2, 0) is 4.79 Å². The minimum atomic E-state index is -0.435. The number of rotatable bonds is 2. The van der Waals surface area contributed by atoms with E-state index in [9.17, 15) is 4.79 Å². The lowest BCUT2D eigenvalue weighted by Gasteiger charge is -2.00. The minimum Gasteiger partial charge on any atom is -0.366 e. The first-order valence-corrected chi connectivity index (χ1v) is 3.51. The molecule has 0 saturated heterocycles. The van der Waals surface area contributed by atoms with E-state index in [4.69, 9.17) is 5.73 Å². The Balaban J connectivity index is -0.000000126. The molecule has 0 aliphatic rings. The fourth-order valence-corrected chi connectivity index (χ4v) is 0. The molecule has 0 aliphatic heterocycles. The summed E-state index contributed by atoms with van der Waals surface area (Å²) in [6, 6.07) is 0. The van der Waals surface area contributed by atoms with Crippen LogP contribution >= 0.6 is 12.4 Å². The van der Waals surface area contributed by atoms with Gasteiger partial charge in [-0.3, -0.25) is 4.79 Å². The van der Waals surface area contributed by atoms with Crippen molar-refractivity contribution in [3.63, 3.8) is 0 Å². The highest BCUT2D eigenvalue weighted by Crippen LogP contribution is 1.78. The zero-order chi connectivity index (χ0) is 9.44. The number of hydrogen-bond acceptors (Lipinski definition) is 2. The molecule has 4 heteroatoms. The predicted octanol–water partition coefficient (Wildman–Crippen LogP) is 1.04. The van der Waals surface area contributed by atoms with Gasteiger partial charge in [0.25, 0.3) is 0 Å². The van der Waals surface area contributed by atoms with Crippen LogP contribution in [0.15, 0.2) is 12.2 Å². The van der Waals surface area contributed by atoms with Crippen molar-refractivity contribution in [3.05, 3.63) is 12.2 Å². The highest BCUT2D eigenvalue weighted by atomic mass is 35.5. The number of halogens is 1. The van der Waals surface area contributed by atoms with Crippen LogP contribution in [0.4, 0.5) is 0 Å². The molecule has 0 rings (SSSR count). The Kier molecular flexibility index (Phi) is 15.3. The summed E-state index contributed by atoms with van der Waals surface area (Å²) in [7, 11) is 4.11. The molecule has 0 atom stereocenters. The van der Waals surface area contributed by atoms with Crippen molar-refractivity contribution in [2.45, 2.75) is 13.8 Å². The molecule has 74 valence electrons. The molecule has 0 fully saturated rings. The van der Waals surface area contributed by atoms with Crippen LogP contribution in [-0.4, -0.2) is 31.4 Å². The van der Waals surface area contributed by atoms with E-state index in [1.54, 1.807) is 6.92 Å². The molecule has 0 saturated carbocycles. The van der Waals surface area contributed by atoms with Crippen molar-refractivity contribution in [3.8, 4) is 0 Å². The SMILES string of the molecule is C=C(C)C(N)=O.CCN(C)C.Cl. The first-order chi connectivity index (χ1) is 4.91. The lowest BCUT2D eigenvalue weighted by Crippen LogP contribution is -2.10. The average Bonchev–Trinajstić information content (AvgIpc) is 1.89. The fourth-order valence-electron chi connectivity index (χ4n) is 0. The first kappa shape index (κ1) is 17.5. The van der Waals surface area contributed by atoms with E-state index in [-0.39, 0.29) is 12.4 Å². The number of carbonyl (C=O) groups is 1. The minimum absolute atomic E-state index is 0. The first-order valence-electron chi connectivity index (χ1n) is 3.51. The van der Waals surface area contributed by atoms with Gasteiger partial charge >= 0.3 is 0 Å². The summed E-state index contributed by atoms with van der Waals surface area (Å²) in [5.74, 6) is -0.435. The second-order valence-corrected chi connectivity index (χ2v) is 2.54. The van der Waals surface area contributed by atoms with Gasteiger partial charge in [-0.15, -0.1) is 12.4 Å². The standard InChI is InChI=1S/C4H7NO.C4H11N.ClH/c1-3(2)4(5)6;1-4-5(2)3;/h1H2,2H3,(H2,5,6);4H2,1-3H3;1H. The van der Waals surface area contributed by atoms with Crippen LogP contribution in [0.1, 0.15) is 13.8 Å². The Hall–Kier alpha value is -0.540. The van der Waals surface area contributed by atoms with Gasteiger partial charge in [-0.25, -0.2) is 0 Å². The van der Waals surface area contributed by atoms with E-state index < -0.39 is 5.91 Å². The van der Waals surface area contributed by atoms with Gasteiger partial charge in [0.15, 0.2) is 0 Å². The molecule has 3 nitrogen and oxygen atoms in total. The van der Waals surface area contributed by atoms with Gasteiger partial charge in [0.05, 0.1) is 0 Å². The zero-order valence-electron chi connectivity index (χ0n) is 8.26. The Bertz CT molecular complexity index is 123. The average molecular weight is 195 g/mol. The van der Waals surface area contributed by atoms with Crippen molar-refractivity contribution in [1.82, 2.24) is 4.90 Å². The van der Waals surface area contributed by atoms with Crippen LogP contribution in [0.25, 0.3) is 0 Å². The summed E-state index contributed by atoms with van der Waals surface area (Å²) in [5, 5.41) is 0. The molecule has 0 aromatic heterocycles. The van der Waals surface area contributed by atoms with Gasteiger partial charge in [0.2, 0.25) is 5.91 Å². The number of nitrogens with zero attached hydrogens (tertiary/aromatic N) is 1. The van der Waals surface area contributed by atoms with Crippen LogP contribution in [0.5, 0.6) is 0 Å². The lowest BCUT2D eigenvalue weighted by atomic mass is 10.3. The molecule has 12 heavy (non-hydrogen) atoms. The van der Waals surface area contributed by atoms with Crippen LogP contribution in [0.2, 0.25) is 0 Å². The largest absolute Gasteiger partial charge is 0.366 e. The molecule has 0 heterocycles. The maximum Gasteiger partial charge on any atom is 0.243 e. The molecule has 1 amide bonds. The third kappa shape index (κ3) is 22.7. The Morgan fingerprint density at radius 2 is 1.67 bits per heavy atom. The summed E-state index contributed by atoms with van der Waals surface area (Å²) in [6.45, 7) is 8.12. The van der Waals surface area contributed by atoms with Crippen LogP contribution in [0, 0.1) is 0 Å². The summed E-state index contributed by atoms with van der Waals surface area (Å²) < 4.78 is 0. The lowest BCUT2D eigenvalue weighted by molar-refractivity contribution is -0.114. The smallest absolute Gasteiger partial charge is 0.243 e. The Morgan fingerprint density at radius 3 is 1.67 bits per heavy atom. The predicted molar refractivity (Wildman–Crippen MR) is 55.5 cm³/mol. The highest BCUT2D eigenvalue weighted by molar-refractivity contribution is 5.90. The van der Waals surface area contributed by atoms with Crippen LogP contribution in [0.3, 0.4) is 0 Å². The molecule has 0 unspecified atom stereocenters. The summed E-state index contributed by atoms with van der Waals surface area (Å²) in [6.07, 6.45) is 0. The number of amides is 1. The second kappa shape index (κ2) is 10.5. The Morgan fingerprint density at radius 1 is 1.50 bits per heavy atom. The number of carbonyl (C=O) groups excluding carboxylic acids is 1. The number of primary amides is 1. The summed E-state index contributed by atoms with van der Waals surface area (Å²) >= 11 is 0. The van der Waals surface area contributed by atoms with Crippen molar-refractivity contribution >= 4 is 18.3 Å². The van der Waals surface area contributed by atoms with Crippen LogP contribution < -0.4 is 5.73 Å². The molecular formula is C8H19ClN2O. The third-order valence-electron chi connectivity index (χ3n) is 1.05. The molecule has 2 N–H and O–H groups in total. The van der Waals surface area contributed by atoms with E-state index in [0.717, 1.165) is 6.54 Å². The highest BCUT2D eigenvalue weighted by Gasteiger charge is 1.86. The van der Waals surface area contributed by atoms with E-state index in [0.29, 0.717) is 5.57 Å². The van der Waals surface area contributed by atoms with Crippen molar-refractivity contribution in [2.75, 3.05) is 20.6 Å². The maximum atomic E-state index is 9.82. The van der Waals surface area contributed by atoms with Crippen molar-refractivity contribution in [1.29, 1.82) is 0 Å². The quantitative estimate of drug-likeness (QED) is 0.668. The summed E-state index contributed by atoms with van der Waals surface area (Å²) in [4.78, 5) is 11.9. The second-order valence-electron chi connectivity index (χ2n) is 2.54. The number of hydrogen-bond donors (Lipinski definition) is 1. The van der Waals surface area contributed by atoms with E-state index in [2.05, 4.69) is 32.5 Å². The van der Waals surface area contributed by atoms with Gasteiger partial charge in [-0.05, 0) is 27.6 Å². The number of nitrogens with two attached hydrogens (primary N) is 1. The molecule has 0 aromatic carbocycles. The summed E-state index contributed by atoms with van der Waals surface area (Å²) in [5.41, 5.74) is 5.09. The third-order valence-corrected chi connectivity index (χ3v) is 1.05. The van der Waals surface area contributed by atoms with E-state index in [1.165, 1.54) is 0 Å². The Labute approximate surface area is 81.0 Å². The molecular weight excluding hydrogens is 176 g/mol. The van der Waals surface area contributed by atoms with E-state index >= 15 is 0 Å². The van der Waals surface area contributed by atoms with Gasteiger partial charge in [-0.1, -0.05) is 13.5 Å². The maximum absolute atomic E-state index is 9.82. The van der Waals surface area contributed by atoms with Crippen molar-refractivity contribution in [2.24, 2.45) is 5.73 Å². The molecule has 0 aromatic rings. The fraction of sp³-hybridized carbons (Fsp3) is 0.625. The molecule has 0 aliphatic carbocycles. The van der Waals surface area contributed by atoms with Gasteiger partial charge < -0.3 is 10.6 Å². The monoisotopic (exact) mass is 194 g/mol. The molecule has 0 radical (unpaired) electrons. The van der Waals surface area contributed by atoms with Crippen molar-refractivity contribution < 1.29 is 4.79 Å². The zero-order valence-corrected chi connectivity index (χ0v) is 9.07. The topological polar surface area (TPSA) is 46.3 Å². The van der Waals surface area contributed by atoms with Gasteiger partial charge in [0, 0.05) is 5.57 Å². The normalized spacial score (nSPS) is 7.75. The molecule has 0 spiro atoms.